The third kappa shape index (κ3) is 7.48. The van der Waals surface area contributed by atoms with E-state index in [1.54, 1.807) is 25.4 Å². The Kier molecular flexibility index (Phi) is 10.6. The number of carboxylic acid groups (broad SMARTS) is 1. The molecule has 0 fully saturated rings. The number of nitrogens with two attached hydrogens (primary N) is 1. The number of carbonyl (C=O) groups excluding carboxylic acids is 1. The number of Topliss-reactive ketones (excluding diaryl/α,β-unsaturated/α-hetero) is 1. The normalized spacial score (nSPS) is 10.2. The molecule has 0 aliphatic rings. The fourth-order valence-electron chi connectivity index (χ4n) is 2.29. The number of carbonyl (C=O) groups is 2. The zero-order valence-corrected chi connectivity index (χ0v) is 15.7. The van der Waals surface area contributed by atoms with Crippen molar-refractivity contribution in [3.8, 4) is 0 Å². The van der Waals surface area contributed by atoms with Gasteiger partial charge in [-0.1, -0.05) is 19.9 Å². The van der Waals surface area contributed by atoms with Crippen molar-refractivity contribution in [2.24, 2.45) is 0 Å². The molecule has 0 radical (unpaired) electrons. The molecule has 26 heavy (non-hydrogen) atoms. The molecule has 0 unspecified atom stereocenters. The largest absolute Gasteiger partial charge is 0.483 e. The number of H-pyrrole nitrogens is 1. The summed E-state index contributed by atoms with van der Waals surface area (Å²) in [7, 11) is 0. The van der Waals surface area contributed by atoms with Crippen LogP contribution in [-0.4, -0.2) is 38.0 Å². The van der Waals surface area contributed by atoms with Crippen LogP contribution in [0.5, 0.6) is 0 Å². The van der Waals surface area contributed by atoms with Crippen LogP contribution >= 0.6 is 0 Å². The van der Waals surface area contributed by atoms with E-state index in [0.717, 1.165) is 29.4 Å². The number of nitrogens with zero attached hydrogens (tertiary/aromatic N) is 1. The summed E-state index contributed by atoms with van der Waals surface area (Å²) in [5, 5.41) is 17.3. The van der Waals surface area contributed by atoms with E-state index in [4.69, 9.17) is 15.6 Å². The second-order valence-corrected chi connectivity index (χ2v) is 5.85. The molecular weight excluding hydrogens is 334 g/mol. The van der Waals surface area contributed by atoms with Gasteiger partial charge in [-0.2, -0.15) is 0 Å². The maximum Gasteiger partial charge on any atom is 0.290 e. The monoisotopic (exact) mass is 363 g/mol. The molecule has 2 aromatic rings. The van der Waals surface area contributed by atoms with Gasteiger partial charge in [-0.15, -0.1) is 6.58 Å². The minimum absolute atomic E-state index is 0.0911. The number of pyridine rings is 1. The molecule has 2 rings (SSSR count). The number of ketones is 1. The molecule has 0 aromatic carbocycles. The summed E-state index contributed by atoms with van der Waals surface area (Å²) < 4.78 is 0. The molecule has 0 bridgehead atoms. The minimum Gasteiger partial charge on any atom is -0.483 e. The van der Waals surface area contributed by atoms with Gasteiger partial charge in [-0.05, 0) is 32.3 Å². The fourth-order valence-corrected chi connectivity index (χ4v) is 2.29. The Morgan fingerprint density at radius 3 is 2.42 bits per heavy atom. The Morgan fingerprint density at radius 1 is 1.42 bits per heavy atom. The van der Waals surface area contributed by atoms with Crippen LogP contribution in [0.4, 0.5) is 5.69 Å². The molecule has 0 saturated heterocycles. The van der Waals surface area contributed by atoms with Gasteiger partial charge in [0.25, 0.3) is 6.47 Å². The predicted octanol–water partition coefficient (Wildman–Crippen LogP) is 3.09. The van der Waals surface area contributed by atoms with Crippen molar-refractivity contribution >= 4 is 29.0 Å². The zero-order valence-electron chi connectivity index (χ0n) is 15.7. The van der Waals surface area contributed by atoms with Crippen molar-refractivity contribution in [3.63, 3.8) is 0 Å². The molecule has 7 nitrogen and oxygen atoms in total. The van der Waals surface area contributed by atoms with Crippen molar-refractivity contribution in [1.82, 2.24) is 9.97 Å². The first kappa shape index (κ1) is 23.3. The summed E-state index contributed by atoms with van der Waals surface area (Å²) in [6, 6.07) is 1.86. The number of fused-ring (bicyclic) bond motifs is 1. The van der Waals surface area contributed by atoms with Gasteiger partial charge in [-0.25, -0.2) is 4.98 Å². The summed E-state index contributed by atoms with van der Waals surface area (Å²) in [5.41, 5.74) is 7.61. The Labute approximate surface area is 153 Å². The number of hydrogen-bond donors (Lipinski definition) is 4. The van der Waals surface area contributed by atoms with Gasteiger partial charge in [0.15, 0.2) is 0 Å². The highest BCUT2D eigenvalue weighted by Crippen LogP contribution is 2.22. The predicted molar refractivity (Wildman–Crippen MR) is 104 cm³/mol. The summed E-state index contributed by atoms with van der Waals surface area (Å²) in [4.78, 5) is 26.4. The number of aromatic amines is 1. The molecule has 5 N–H and O–H groups in total. The quantitative estimate of drug-likeness (QED) is 0.461. The molecule has 2 aromatic heterocycles. The molecule has 0 amide bonds. The number of rotatable bonds is 6. The summed E-state index contributed by atoms with van der Waals surface area (Å²) >= 11 is 0. The number of hydrogen-bond acceptors (Lipinski definition) is 5. The number of anilines is 1. The third-order valence-electron chi connectivity index (χ3n) is 3.99. The zero-order chi connectivity index (χ0) is 20.2. The summed E-state index contributed by atoms with van der Waals surface area (Å²) in [6.45, 7) is 8.86. The second-order valence-electron chi connectivity index (χ2n) is 5.85. The van der Waals surface area contributed by atoms with Crippen LogP contribution in [0, 0.1) is 0 Å². The minimum atomic E-state index is -0.484. The highest BCUT2D eigenvalue weighted by atomic mass is 16.3. The van der Waals surface area contributed by atoms with Gasteiger partial charge in [0.05, 0.1) is 5.60 Å². The first-order valence-electron chi connectivity index (χ1n) is 8.39. The highest BCUT2D eigenvalue weighted by Gasteiger charge is 2.18. The highest BCUT2D eigenvalue weighted by molar-refractivity contribution is 5.91. The van der Waals surface area contributed by atoms with Crippen LogP contribution in [-0.2, 0) is 16.0 Å². The molecule has 0 atom stereocenters. The average molecular weight is 363 g/mol. The molecule has 0 saturated carbocycles. The van der Waals surface area contributed by atoms with E-state index in [-0.39, 0.29) is 12.3 Å². The lowest BCUT2D eigenvalue weighted by Crippen LogP contribution is -2.25. The molecule has 0 aliphatic carbocycles. The molecule has 144 valence electrons. The molecule has 2 heterocycles. The van der Waals surface area contributed by atoms with Crippen LogP contribution in [0.15, 0.2) is 31.1 Å². The maximum absolute atomic E-state index is 10.9. The first-order chi connectivity index (χ1) is 12.3. The lowest BCUT2D eigenvalue weighted by Gasteiger charge is -2.22. The van der Waals surface area contributed by atoms with E-state index in [0.29, 0.717) is 18.5 Å². The second kappa shape index (κ2) is 11.8. The number of nitrogen functional groups attached to an aromatic ring is 1. The van der Waals surface area contributed by atoms with Gasteiger partial charge in [0.1, 0.15) is 11.4 Å². The van der Waals surface area contributed by atoms with E-state index in [1.165, 1.54) is 0 Å². The van der Waals surface area contributed by atoms with Gasteiger partial charge in [0.2, 0.25) is 0 Å². The van der Waals surface area contributed by atoms with Crippen molar-refractivity contribution in [2.45, 2.75) is 52.1 Å². The van der Waals surface area contributed by atoms with E-state index in [9.17, 15) is 9.90 Å². The first-order valence-corrected chi connectivity index (χ1v) is 8.39. The SMILES string of the molecule is C=CCC(O)(CC)CC.CC(=O)Cc1cnc2[nH]ccc2c1N.O=CO. The summed E-state index contributed by atoms with van der Waals surface area (Å²) in [6.07, 6.45) is 7.89. The van der Waals surface area contributed by atoms with Crippen LogP contribution in [0.3, 0.4) is 0 Å². The fraction of sp³-hybridized carbons (Fsp3) is 0.421. The number of aromatic nitrogens is 2. The van der Waals surface area contributed by atoms with E-state index < -0.39 is 5.60 Å². The molecule has 0 aliphatic heterocycles. The van der Waals surface area contributed by atoms with Crippen LogP contribution < -0.4 is 5.73 Å². The van der Waals surface area contributed by atoms with Crippen LogP contribution in [0.25, 0.3) is 11.0 Å². The third-order valence-corrected chi connectivity index (χ3v) is 3.99. The van der Waals surface area contributed by atoms with Gasteiger partial charge >= 0.3 is 0 Å². The standard InChI is InChI=1S/C10H11N3O.C8H16O.CH2O2/c1-6(14)4-7-5-13-10-8(9(7)11)2-3-12-10;1-4-7-8(9,5-2)6-3;2-1-3/h2-3,5H,4H2,1H3,(H3,11,12,13);4,9H,1,5-7H2,2-3H3;1H,(H,2,3). The number of nitrogens with one attached hydrogen (secondary N) is 1. The van der Waals surface area contributed by atoms with Gasteiger partial charge in [-0.3, -0.25) is 9.59 Å². The summed E-state index contributed by atoms with van der Waals surface area (Å²) in [5.74, 6) is 0.0911. The van der Waals surface area contributed by atoms with Crippen molar-refractivity contribution in [1.29, 1.82) is 0 Å². The van der Waals surface area contributed by atoms with Crippen molar-refractivity contribution < 1.29 is 19.8 Å². The number of aliphatic hydroxyl groups is 1. The smallest absolute Gasteiger partial charge is 0.290 e. The average Bonchev–Trinajstić information content (AvgIpc) is 3.08. The molecule has 7 heteroatoms. The Balaban J connectivity index is 0.000000452. The van der Waals surface area contributed by atoms with E-state index in [1.807, 2.05) is 19.9 Å². The van der Waals surface area contributed by atoms with E-state index >= 15 is 0 Å². The lowest BCUT2D eigenvalue weighted by atomic mass is 9.94. The van der Waals surface area contributed by atoms with E-state index in [2.05, 4.69) is 16.5 Å². The lowest BCUT2D eigenvalue weighted by molar-refractivity contribution is -0.123. The van der Waals surface area contributed by atoms with Crippen molar-refractivity contribution in [2.75, 3.05) is 5.73 Å². The molecule has 0 spiro atoms. The van der Waals surface area contributed by atoms with Crippen LogP contribution in [0.2, 0.25) is 0 Å². The Bertz CT molecular complexity index is 706. The van der Waals surface area contributed by atoms with Crippen LogP contribution in [0.1, 0.15) is 45.6 Å². The maximum atomic E-state index is 10.9. The Morgan fingerprint density at radius 2 is 2.00 bits per heavy atom. The Hall–Kier alpha value is -2.67. The van der Waals surface area contributed by atoms with Gasteiger partial charge < -0.3 is 20.9 Å². The molecular formula is C19H29N3O4. The van der Waals surface area contributed by atoms with Crippen molar-refractivity contribution in [3.05, 3.63) is 36.7 Å². The topological polar surface area (TPSA) is 129 Å². The van der Waals surface area contributed by atoms with Gasteiger partial charge in [0, 0.05) is 35.5 Å².